The summed E-state index contributed by atoms with van der Waals surface area (Å²) in [6, 6.07) is 17.6. The third-order valence-corrected chi connectivity index (χ3v) is 6.41. The lowest BCUT2D eigenvalue weighted by atomic mass is 10.0. The van der Waals surface area contributed by atoms with Crippen molar-refractivity contribution in [2.75, 3.05) is 0 Å². The number of carbonyl (C=O) groups is 3. The van der Waals surface area contributed by atoms with Gasteiger partial charge in [-0.3, -0.25) is 9.59 Å². The zero-order valence-electron chi connectivity index (χ0n) is 19.5. The molecule has 3 rings (SSSR count). The second-order valence-corrected chi connectivity index (χ2v) is 9.54. The molecule has 8 heteroatoms. The second-order valence-electron chi connectivity index (χ2n) is 8.72. The maximum Gasteiger partial charge on any atom is 0.338 e. The first-order valence-electron chi connectivity index (χ1n) is 11.3. The molecule has 0 spiro atoms. The largest absolute Gasteiger partial charge is 0.481 e. The average Bonchev–Trinajstić information content (AvgIpc) is 2.79. The third-order valence-electron chi connectivity index (χ3n) is 5.67. The van der Waals surface area contributed by atoms with Crippen LogP contribution in [0.2, 0.25) is 10.0 Å². The molecule has 2 N–H and O–H groups in total. The van der Waals surface area contributed by atoms with Crippen molar-refractivity contribution in [2.45, 2.75) is 45.3 Å². The summed E-state index contributed by atoms with van der Waals surface area (Å²) in [5.41, 5.74) is 1.19. The maximum absolute atomic E-state index is 13.1. The predicted molar refractivity (Wildman–Crippen MR) is 137 cm³/mol. The highest BCUT2D eigenvalue weighted by molar-refractivity contribution is 6.42. The van der Waals surface area contributed by atoms with Crippen LogP contribution in [0.3, 0.4) is 0 Å². The molecule has 1 amide bonds. The SMILES string of the molecule is C[C@@H](CC(=O)O)CC(=O)N[C@@H](C)[C@H](Cc1ccc(Cl)c(Cl)c1)OC(=O)c1ccc2ccccc2c1. The van der Waals surface area contributed by atoms with Gasteiger partial charge in [0.15, 0.2) is 0 Å². The van der Waals surface area contributed by atoms with Gasteiger partial charge < -0.3 is 15.2 Å². The van der Waals surface area contributed by atoms with E-state index in [9.17, 15) is 14.4 Å². The van der Waals surface area contributed by atoms with Crippen LogP contribution in [-0.4, -0.2) is 35.1 Å². The predicted octanol–water partition coefficient (Wildman–Crippen LogP) is 5.92. The molecule has 3 atom stereocenters. The lowest BCUT2D eigenvalue weighted by molar-refractivity contribution is -0.138. The number of carboxylic acid groups (broad SMARTS) is 1. The smallest absolute Gasteiger partial charge is 0.338 e. The van der Waals surface area contributed by atoms with E-state index in [4.69, 9.17) is 33.0 Å². The first-order chi connectivity index (χ1) is 16.6. The van der Waals surface area contributed by atoms with E-state index < -0.39 is 24.1 Å². The number of carbonyl (C=O) groups excluding carboxylic acids is 2. The van der Waals surface area contributed by atoms with Gasteiger partial charge in [0.1, 0.15) is 6.10 Å². The maximum atomic E-state index is 13.1. The number of amides is 1. The lowest BCUT2D eigenvalue weighted by Gasteiger charge is -2.26. The van der Waals surface area contributed by atoms with E-state index in [-0.39, 0.29) is 24.7 Å². The molecule has 3 aromatic carbocycles. The Balaban J connectivity index is 1.77. The normalized spacial score (nSPS) is 13.6. The Morgan fingerprint density at radius 2 is 1.63 bits per heavy atom. The Bertz CT molecular complexity index is 1230. The van der Waals surface area contributed by atoms with Crippen molar-refractivity contribution < 1.29 is 24.2 Å². The Morgan fingerprint density at radius 1 is 0.914 bits per heavy atom. The first-order valence-corrected chi connectivity index (χ1v) is 12.0. The van der Waals surface area contributed by atoms with Crippen molar-refractivity contribution >= 4 is 51.8 Å². The van der Waals surface area contributed by atoms with Crippen molar-refractivity contribution in [3.05, 3.63) is 81.8 Å². The van der Waals surface area contributed by atoms with Gasteiger partial charge in [0.2, 0.25) is 5.91 Å². The van der Waals surface area contributed by atoms with Crippen molar-refractivity contribution in [3.63, 3.8) is 0 Å². The van der Waals surface area contributed by atoms with Gasteiger partial charge in [-0.1, -0.05) is 66.5 Å². The van der Waals surface area contributed by atoms with Gasteiger partial charge in [0.05, 0.1) is 21.7 Å². The number of esters is 1. The first kappa shape index (κ1) is 26.5. The van der Waals surface area contributed by atoms with E-state index in [1.165, 1.54) is 0 Å². The molecule has 0 bridgehead atoms. The van der Waals surface area contributed by atoms with E-state index in [1.54, 1.807) is 44.2 Å². The zero-order chi connectivity index (χ0) is 25.5. The Labute approximate surface area is 214 Å². The summed E-state index contributed by atoms with van der Waals surface area (Å²) in [5, 5.41) is 14.5. The van der Waals surface area contributed by atoms with E-state index in [0.29, 0.717) is 22.0 Å². The molecular weight excluding hydrogens is 489 g/mol. The number of benzene rings is 3. The number of hydrogen-bond donors (Lipinski definition) is 2. The van der Waals surface area contributed by atoms with Crippen LogP contribution in [-0.2, 0) is 20.7 Å². The summed E-state index contributed by atoms with van der Waals surface area (Å²) < 4.78 is 5.87. The Kier molecular flexibility index (Phi) is 9.13. The highest BCUT2D eigenvalue weighted by Crippen LogP contribution is 2.25. The fraction of sp³-hybridized carbons (Fsp3) is 0.296. The molecular formula is C27H27Cl2NO5. The topological polar surface area (TPSA) is 92.7 Å². The summed E-state index contributed by atoms with van der Waals surface area (Å²) in [7, 11) is 0. The molecule has 0 saturated heterocycles. The minimum absolute atomic E-state index is 0.0504. The molecule has 0 aliphatic carbocycles. The summed E-state index contributed by atoms with van der Waals surface area (Å²) in [5.74, 6) is -2.11. The van der Waals surface area contributed by atoms with E-state index in [1.807, 2.05) is 30.3 Å². The van der Waals surface area contributed by atoms with Gasteiger partial charge in [0.25, 0.3) is 0 Å². The third kappa shape index (κ3) is 7.70. The van der Waals surface area contributed by atoms with Gasteiger partial charge in [-0.25, -0.2) is 4.79 Å². The molecule has 0 aromatic heterocycles. The summed E-state index contributed by atoms with van der Waals surface area (Å²) >= 11 is 12.2. The highest BCUT2D eigenvalue weighted by atomic mass is 35.5. The molecule has 0 radical (unpaired) electrons. The molecule has 0 fully saturated rings. The standard InChI is InChI=1S/C27H27Cl2NO5/c1-16(12-26(32)33)11-25(31)30-17(2)24(14-18-7-10-22(28)23(29)13-18)35-27(34)21-9-8-19-5-3-4-6-20(19)15-21/h3-10,13,15-17,24H,11-12,14H2,1-2H3,(H,30,31)(H,32,33)/t16-,17+,24+/m1/s1. The molecule has 35 heavy (non-hydrogen) atoms. The molecule has 0 aliphatic heterocycles. The van der Waals surface area contributed by atoms with Gasteiger partial charge >= 0.3 is 11.9 Å². The second kappa shape index (κ2) is 12.0. The molecule has 0 aliphatic rings. The van der Waals surface area contributed by atoms with Crippen LogP contribution in [0.5, 0.6) is 0 Å². The van der Waals surface area contributed by atoms with Gasteiger partial charge in [0, 0.05) is 19.3 Å². The number of ether oxygens (including phenoxy) is 1. The van der Waals surface area contributed by atoms with Gasteiger partial charge in [-0.15, -0.1) is 0 Å². The minimum atomic E-state index is -0.958. The minimum Gasteiger partial charge on any atom is -0.481 e. The van der Waals surface area contributed by atoms with Crippen molar-refractivity contribution in [3.8, 4) is 0 Å². The van der Waals surface area contributed by atoms with Crippen LogP contribution in [0, 0.1) is 5.92 Å². The Morgan fingerprint density at radius 3 is 2.31 bits per heavy atom. The molecule has 3 aromatic rings. The van der Waals surface area contributed by atoms with Crippen molar-refractivity contribution in [1.29, 1.82) is 0 Å². The number of hydrogen-bond acceptors (Lipinski definition) is 4. The van der Waals surface area contributed by atoms with E-state index >= 15 is 0 Å². The molecule has 0 saturated carbocycles. The number of aliphatic carboxylic acids is 1. The molecule has 184 valence electrons. The summed E-state index contributed by atoms with van der Waals surface area (Å²) in [6.45, 7) is 3.45. The monoisotopic (exact) mass is 515 g/mol. The molecule has 0 unspecified atom stereocenters. The lowest BCUT2D eigenvalue weighted by Crippen LogP contribution is -2.44. The number of halogens is 2. The van der Waals surface area contributed by atoms with Crippen LogP contribution in [0.4, 0.5) is 0 Å². The van der Waals surface area contributed by atoms with E-state index in [0.717, 1.165) is 16.3 Å². The van der Waals surface area contributed by atoms with Gasteiger partial charge in [-0.05, 0) is 53.4 Å². The van der Waals surface area contributed by atoms with E-state index in [2.05, 4.69) is 5.32 Å². The number of rotatable bonds is 10. The fourth-order valence-corrected chi connectivity index (χ4v) is 4.15. The number of fused-ring (bicyclic) bond motifs is 1. The number of carboxylic acids is 1. The highest BCUT2D eigenvalue weighted by Gasteiger charge is 2.25. The average molecular weight is 516 g/mol. The van der Waals surface area contributed by atoms with Crippen LogP contribution in [0.25, 0.3) is 10.8 Å². The van der Waals surface area contributed by atoms with Gasteiger partial charge in [-0.2, -0.15) is 0 Å². The van der Waals surface area contributed by atoms with Crippen LogP contribution in [0.15, 0.2) is 60.7 Å². The quantitative estimate of drug-likeness (QED) is 0.327. The van der Waals surface area contributed by atoms with Crippen LogP contribution < -0.4 is 5.32 Å². The fourth-order valence-electron chi connectivity index (χ4n) is 3.83. The summed E-state index contributed by atoms with van der Waals surface area (Å²) in [4.78, 5) is 36.5. The Hall–Kier alpha value is -3.09. The number of nitrogens with one attached hydrogen (secondary N) is 1. The summed E-state index contributed by atoms with van der Waals surface area (Å²) in [6.07, 6.45) is -0.465. The van der Waals surface area contributed by atoms with Crippen molar-refractivity contribution in [1.82, 2.24) is 5.32 Å². The molecule has 6 nitrogen and oxygen atoms in total. The van der Waals surface area contributed by atoms with Crippen LogP contribution >= 0.6 is 23.2 Å². The van der Waals surface area contributed by atoms with Crippen LogP contribution in [0.1, 0.15) is 42.6 Å². The zero-order valence-corrected chi connectivity index (χ0v) is 21.0. The molecule has 0 heterocycles. The van der Waals surface area contributed by atoms with Crippen molar-refractivity contribution in [2.24, 2.45) is 5.92 Å².